The molecule has 1 amide bonds. The Morgan fingerprint density at radius 2 is 1.85 bits per heavy atom. The van der Waals surface area contributed by atoms with Crippen molar-refractivity contribution in [1.82, 2.24) is 5.32 Å². The van der Waals surface area contributed by atoms with Crippen LogP contribution in [0.15, 0.2) is 0 Å². The van der Waals surface area contributed by atoms with E-state index in [0.717, 1.165) is 0 Å². The van der Waals surface area contributed by atoms with Crippen molar-refractivity contribution in [3.8, 4) is 0 Å². The minimum absolute atomic E-state index is 0.0905. The van der Waals surface area contributed by atoms with Crippen LogP contribution in [-0.4, -0.2) is 26.5 Å². The zero-order valence-electron chi connectivity index (χ0n) is 7.89. The third kappa shape index (κ3) is 5.73. The van der Waals surface area contributed by atoms with E-state index in [4.69, 9.17) is 0 Å². The number of ketones is 1. The summed E-state index contributed by atoms with van der Waals surface area (Å²) < 4.78 is 0.0905. The second-order valence-electron chi connectivity index (χ2n) is 2.61. The number of hydrogen-bond acceptors (Lipinski definition) is 3. The van der Waals surface area contributed by atoms with Gasteiger partial charge in [-0.05, 0) is 0 Å². The van der Waals surface area contributed by atoms with Gasteiger partial charge in [0.05, 0.1) is 0 Å². The average Bonchev–Trinajstić information content (AvgIpc) is 2.02. The van der Waals surface area contributed by atoms with E-state index in [2.05, 4.69) is 5.32 Å². The molecule has 4 nitrogen and oxygen atoms in total. The Balaban J connectivity index is 4.18. The van der Waals surface area contributed by atoms with Gasteiger partial charge in [-0.25, -0.2) is 0 Å². The number of nitrogens with one attached hydrogen (secondary N) is 1. The molecule has 0 aliphatic heterocycles. The molecule has 0 fully saturated rings. The minimum atomic E-state index is -0.621. The number of Topliss-reactive ketones (excluding diaryl/α,β-unsaturated/α-hetero) is 1. The van der Waals surface area contributed by atoms with Crippen LogP contribution in [-0.2, 0) is 14.4 Å². The van der Waals surface area contributed by atoms with Crippen LogP contribution < -0.4 is 26.5 Å². The van der Waals surface area contributed by atoms with E-state index in [-0.39, 0.29) is 21.9 Å². The van der Waals surface area contributed by atoms with Crippen LogP contribution in [0.25, 0.3) is 0 Å². The van der Waals surface area contributed by atoms with Crippen LogP contribution in [0.1, 0.15) is 20.3 Å². The van der Waals surface area contributed by atoms with E-state index in [9.17, 15) is 14.4 Å². The van der Waals surface area contributed by atoms with Gasteiger partial charge in [0.15, 0.2) is 0 Å². The van der Waals surface area contributed by atoms with E-state index in [1.54, 1.807) is 0 Å². The first kappa shape index (κ1) is 12.5. The van der Waals surface area contributed by atoms with Crippen LogP contribution in [0.5, 0.6) is 0 Å². The summed E-state index contributed by atoms with van der Waals surface area (Å²) in [6.45, 7) is 2.71. The van der Waals surface area contributed by atoms with E-state index >= 15 is 0 Å². The second kappa shape index (κ2) is 6.06. The molecule has 1 unspecified atom stereocenters. The number of carbonyl (C=O) groups excluding carboxylic acids is 3. The molecule has 0 rings (SSSR count). The van der Waals surface area contributed by atoms with Gasteiger partial charge in [-0.1, -0.05) is 0 Å². The molecule has 0 spiro atoms. The molecular weight excluding hydrogens is 285 g/mol. The zero-order chi connectivity index (χ0) is 10.4. The molecule has 5 heteroatoms. The van der Waals surface area contributed by atoms with Crippen molar-refractivity contribution in [1.29, 1.82) is 0 Å². The van der Waals surface area contributed by atoms with Crippen molar-refractivity contribution in [2.75, 3.05) is 4.93 Å². The first-order valence-corrected chi connectivity index (χ1v) is 7.00. The number of hydrogen-bond donors (Lipinski definition) is 1. The maximum absolute atomic E-state index is 11.1. The number of alkyl halides is 1. The van der Waals surface area contributed by atoms with E-state index in [1.807, 2.05) is 4.93 Å². The first-order chi connectivity index (χ1) is 5.97. The van der Waals surface area contributed by atoms with Gasteiger partial charge >= 0.3 is 87.6 Å². The number of carbonyl (C=O) groups is 3. The molecule has 0 aliphatic rings. The summed E-state index contributed by atoms with van der Waals surface area (Å²) >= 11 is -0.483. The van der Waals surface area contributed by atoms with Crippen molar-refractivity contribution in [3.63, 3.8) is 0 Å². The Kier molecular flexibility index (Phi) is 5.85. The number of rotatable bonds is 5. The topological polar surface area (TPSA) is 63.2 Å². The molecule has 0 aromatic carbocycles. The van der Waals surface area contributed by atoms with Gasteiger partial charge in [-0.2, -0.15) is 0 Å². The Morgan fingerprint density at radius 3 is 2.15 bits per heavy atom. The predicted octanol–water partition coefficient (Wildman–Crippen LogP) is -3.28. The van der Waals surface area contributed by atoms with Crippen LogP contribution >= 0.6 is 0 Å². The fourth-order valence-electron chi connectivity index (χ4n) is 0.779. The van der Waals surface area contributed by atoms with Gasteiger partial charge in [-0.3, -0.25) is 0 Å². The molecule has 0 aromatic heterocycles. The number of halogens is 1. The summed E-state index contributed by atoms with van der Waals surface area (Å²) in [7, 11) is 0. The molecular formula is C8H13INO3-. The summed E-state index contributed by atoms with van der Waals surface area (Å²) in [5.41, 5.74) is 0. The molecule has 76 valence electrons. The molecule has 0 saturated heterocycles. The fourth-order valence-corrected chi connectivity index (χ4v) is 1.66. The normalized spacial score (nSPS) is 12.2. The van der Waals surface area contributed by atoms with Crippen molar-refractivity contribution < 1.29 is 35.6 Å². The van der Waals surface area contributed by atoms with Crippen molar-refractivity contribution in [3.05, 3.63) is 0 Å². The van der Waals surface area contributed by atoms with Gasteiger partial charge in [0.1, 0.15) is 0 Å². The standard InChI is InChI=1S/C8H13INO3/c1-5(11)7(10-6(2)12)4-8(13)9-3/h7H,4H2,1-3H3,(H,10,12)/q-1. The van der Waals surface area contributed by atoms with Gasteiger partial charge in [0, 0.05) is 0 Å². The summed E-state index contributed by atoms with van der Waals surface area (Å²) in [5.74, 6) is -0.441. The Labute approximate surface area is 87.7 Å². The molecule has 13 heavy (non-hydrogen) atoms. The molecule has 0 aliphatic carbocycles. The Hall–Kier alpha value is -0.460. The summed E-state index contributed by atoms with van der Waals surface area (Å²) in [4.78, 5) is 34.5. The van der Waals surface area contributed by atoms with E-state index < -0.39 is 27.2 Å². The quantitative estimate of drug-likeness (QED) is 0.329. The summed E-state index contributed by atoms with van der Waals surface area (Å²) in [5, 5.41) is 2.45. The molecule has 1 N–H and O–H groups in total. The third-order valence-corrected chi connectivity index (χ3v) is 3.09. The maximum atomic E-state index is 11.1. The number of amides is 1. The monoisotopic (exact) mass is 298 g/mol. The van der Waals surface area contributed by atoms with E-state index in [1.165, 1.54) is 13.8 Å². The Bertz CT molecular complexity index is 227. The van der Waals surface area contributed by atoms with Gasteiger partial charge in [0.25, 0.3) is 0 Å². The second-order valence-corrected chi connectivity index (χ2v) is 4.89. The van der Waals surface area contributed by atoms with Crippen molar-refractivity contribution in [2.24, 2.45) is 0 Å². The SMILES string of the molecule is C[I-]C(=O)CC(NC(C)=O)C(C)=O. The zero-order valence-corrected chi connectivity index (χ0v) is 10.0. The molecule has 0 radical (unpaired) electrons. The molecule has 0 aromatic rings. The van der Waals surface area contributed by atoms with Crippen LogP contribution in [0.3, 0.4) is 0 Å². The average molecular weight is 298 g/mol. The summed E-state index contributed by atoms with van der Waals surface area (Å²) in [6.07, 6.45) is 0.151. The molecule has 0 bridgehead atoms. The first-order valence-electron chi connectivity index (χ1n) is 3.77. The van der Waals surface area contributed by atoms with Crippen LogP contribution in [0, 0.1) is 0 Å². The summed E-state index contributed by atoms with van der Waals surface area (Å²) in [6, 6.07) is -0.621. The van der Waals surface area contributed by atoms with Crippen LogP contribution in [0.4, 0.5) is 0 Å². The fraction of sp³-hybridized carbons (Fsp3) is 0.625. The van der Waals surface area contributed by atoms with Crippen LogP contribution in [0.2, 0.25) is 0 Å². The Morgan fingerprint density at radius 1 is 1.31 bits per heavy atom. The molecule has 0 saturated carbocycles. The third-order valence-electron chi connectivity index (χ3n) is 1.44. The van der Waals surface area contributed by atoms with Gasteiger partial charge < -0.3 is 0 Å². The van der Waals surface area contributed by atoms with Gasteiger partial charge in [0.2, 0.25) is 0 Å². The van der Waals surface area contributed by atoms with Crippen molar-refractivity contribution in [2.45, 2.75) is 26.3 Å². The predicted molar refractivity (Wildman–Crippen MR) is 43.8 cm³/mol. The van der Waals surface area contributed by atoms with Gasteiger partial charge in [-0.15, -0.1) is 0 Å². The molecule has 0 heterocycles. The molecule has 1 atom stereocenters. The van der Waals surface area contributed by atoms with E-state index in [0.29, 0.717) is 0 Å². The van der Waals surface area contributed by atoms with Crippen molar-refractivity contribution >= 4 is 15.5 Å².